The van der Waals surface area contributed by atoms with Crippen molar-refractivity contribution in [3.63, 3.8) is 0 Å². The lowest BCUT2D eigenvalue weighted by Crippen LogP contribution is -2.29. The number of hydrazine groups is 1. The van der Waals surface area contributed by atoms with Crippen molar-refractivity contribution in [2.24, 2.45) is 5.84 Å². The van der Waals surface area contributed by atoms with Crippen LogP contribution in [0.4, 0.5) is 11.6 Å². The van der Waals surface area contributed by atoms with Crippen molar-refractivity contribution in [3.8, 4) is 0 Å². The molecule has 0 aliphatic heterocycles. The minimum Gasteiger partial charge on any atom is -0.393 e. The number of nitrogens with one attached hydrogen (secondary N) is 2. The fourth-order valence-corrected chi connectivity index (χ4v) is 2.59. The van der Waals surface area contributed by atoms with Gasteiger partial charge in [-0.15, -0.1) is 0 Å². The lowest BCUT2D eigenvalue weighted by atomic mass is 9.93. The molecule has 1 saturated carbocycles. The number of aromatic nitrogens is 2. The van der Waals surface area contributed by atoms with E-state index in [0.29, 0.717) is 11.9 Å². The van der Waals surface area contributed by atoms with E-state index in [4.69, 9.17) is 5.84 Å². The normalized spacial score (nSPS) is 23.4. The second kappa shape index (κ2) is 6.16. The number of hydrogen-bond donors (Lipinski definition) is 4. The summed E-state index contributed by atoms with van der Waals surface area (Å²) in [5.41, 5.74) is 3.64. The Morgan fingerprint density at radius 1 is 1.21 bits per heavy atom. The minimum absolute atomic E-state index is 0.144. The molecule has 1 fully saturated rings. The summed E-state index contributed by atoms with van der Waals surface area (Å²) in [5.74, 6) is 7.31. The highest BCUT2D eigenvalue weighted by molar-refractivity contribution is 5.58. The number of nitrogens with zero attached hydrogens (tertiary/aromatic N) is 2. The van der Waals surface area contributed by atoms with Gasteiger partial charge in [-0.2, -0.15) is 0 Å². The third kappa shape index (κ3) is 3.33. The average molecular weight is 265 g/mol. The minimum atomic E-state index is -0.144. The van der Waals surface area contributed by atoms with Gasteiger partial charge in [-0.05, 0) is 31.6 Å². The van der Waals surface area contributed by atoms with Crippen LogP contribution in [0.15, 0.2) is 6.33 Å². The van der Waals surface area contributed by atoms with Crippen molar-refractivity contribution < 1.29 is 5.11 Å². The number of rotatable bonds is 4. The molecule has 0 amide bonds. The Bertz CT molecular complexity index is 415. The van der Waals surface area contributed by atoms with E-state index in [2.05, 4.69) is 34.6 Å². The van der Waals surface area contributed by atoms with E-state index in [0.717, 1.165) is 37.1 Å². The highest BCUT2D eigenvalue weighted by Crippen LogP contribution is 2.30. The van der Waals surface area contributed by atoms with Gasteiger partial charge in [-0.25, -0.2) is 15.8 Å². The monoisotopic (exact) mass is 265 g/mol. The van der Waals surface area contributed by atoms with E-state index >= 15 is 0 Å². The summed E-state index contributed by atoms with van der Waals surface area (Å²) >= 11 is 0. The first-order chi connectivity index (χ1) is 9.11. The Morgan fingerprint density at radius 2 is 1.84 bits per heavy atom. The predicted molar refractivity (Wildman–Crippen MR) is 75.8 cm³/mol. The summed E-state index contributed by atoms with van der Waals surface area (Å²) in [5, 5.41) is 13.0. The van der Waals surface area contributed by atoms with Gasteiger partial charge in [0, 0.05) is 11.6 Å². The van der Waals surface area contributed by atoms with Gasteiger partial charge in [0.2, 0.25) is 0 Å². The van der Waals surface area contributed by atoms with Gasteiger partial charge in [-0.3, -0.25) is 0 Å². The third-order valence-corrected chi connectivity index (χ3v) is 3.64. The van der Waals surface area contributed by atoms with Crippen molar-refractivity contribution in [3.05, 3.63) is 11.9 Å². The summed E-state index contributed by atoms with van der Waals surface area (Å²) in [6.07, 6.45) is 5.00. The molecule has 1 aliphatic carbocycles. The summed E-state index contributed by atoms with van der Waals surface area (Å²) in [6.45, 7) is 4.19. The molecule has 1 aromatic rings. The molecule has 0 unspecified atom stereocenters. The molecule has 5 N–H and O–H groups in total. The molecule has 0 radical (unpaired) electrons. The Morgan fingerprint density at radius 3 is 2.42 bits per heavy atom. The molecule has 1 aromatic heterocycles. The SMILES string of the molecule is CC(C)c1c(NN)ncnc1NC1CCC(O)CC1. The molecule has 0 atom stereocenters. The Labute approximate surface area is 113 Å². The highest BCUT2D eigenvalue weighted by Gasteiger charge is 2.22. The van der Waals surface area contributed by atoms with Crippen LogP contribution in [-0.2, 0) is 0 Å². The lowest BCUT2D eigenvalue weighted by molar-refractivity contribution is 0.126. The van der Waals surface area contributed by atoms with Gasteiger partial charge < -0.3 is 15.8 Å². The summed E-state index contributed by atoms with van der Waals surface area (Å²) in [4.78, 5) is 8.50. The largest absolute Gasteiger partial charge is 0.393 e. The van der Waals surface area contributed by atoms with Crippen molar-refractivity contribution in [1.29, 1.82) is 0 Å². The van der Waals surface area contributed by atoms with E-state index in [1.165, 1.54) is 6.33 Å². The molecule has 0 spiro atoms. The molecule has 19 heavy (non-hydrogen) atoms. The number of nitrogens with two attached hydrogens (primary N) is 1. The van der Waals surface area contributed by atoms with Crippen molar-refractivity contribution >= 4 is 11.6 Å². The van der Waals surface area contributed by atoms with Crippen molar-refractivity contribution in [1.82, 2.24) is 9.97 Å². The van der Waals surface area contributed by atoms with Crippen LogP contribution in [0.3, 0.4) is 0 Å². The lowest BCUT2D eigenvalue weighted by Gasteiger charge is -2.28. The molecule has 0 bridgehead atoms. The molecule has 1 heterocycles. The van der Waals surface area contributed by atoms with E-state index < -0.39 is 0 Å². The molecular weight excluding hydrogens is 242 g/mol. The Balaban J connectivity index is 2.15. The van der Waals surface area contributed by atoms with Gasteiger partial charge in [0.1, 0.15) is 18.0 Å². The van der Waals surface area contributed by atoms with Gasteiger partial charge in [0.15, 0.2) is 0 Å². The topological polar surface area (TPSA) is 96.1 Å². The fraction of sp³-hybridized carbons (Fsp3) is 0.692. The maximum absolute atomic E-state index is 9.54. The summed E-state index contributed by atoms with van der Waals surface area (Å²) in [6, 6.07) is 0.362. The zero-order chi connectivity index (χ0) is 13.8. The molecule has 0 saturated heterocycles. The summed E-state index contributed by atoms with van der Waals surface area (Å²) in [7, 11) is 0. The van der Waals surface area contributed by atoms with E-state index in [9.17, 15) is 5.11 Å². The van der Waals surface area contributed by atoms with Gasteiger partial charge in [0.25, 0.3) is 0 Å². The number of aliphatic hydroxyl groups excluding tert-OH is 1. The Hall–Kier alpha value is -1.40. The first kappa shape index (κ1) is 14.0. The number of aliphatic hydroxyl groups is 1. The fourth-order valence-electron chi connectivity index (χ4n) is 2.59. The quantitative estimate of drug-likeness (QED) is 0.488. The van der Waals surface area contributed by atoms with Crippen LogP contribution in [-0.4, -0.2) is 27.2 Å². The first-order valence-electron chi connectivity index (χ1n) is 6.88. The molecule has 2 rings (SSSR count). The maximum Gasteiger partial charge on any atom is 0.148 e. The molecule has 6 heteroatoms. The third-order valence-electron chi connectivity index (χ3n) is 3.64. The Kier molecular flexibility index (Phi) is 4.55. The predicted octanol–water partition coefficient (Wildman–Crippen LogP) is 1.60. The zero-order valence-corrected chi connectivity index (χ0v) is 11.6. The van der Waals surface area contributed by atoms with Crippen LogP contribution in [0.25, 0.3) is 0 Å². The van der Waals surface area contributed by atoms with Crippen LogP contribution in [0.2, 0.25) is 0 Å². The smallest absolute Gasteiger partial charge is 0.148 e. The molecule has 1 aliphatic rings. The van der Waals surface area contributed by atoms with Crippen LogP contribution in [0.5, 0.6) is 0 Å². The second-order valence-corrected chi connectivity index (χ2v) is 5.43. The highest BCUT2D eigenvalue weighted by atomic mass is 16.3. The van der Waals surface area contributed by atoms with Crippen molar-refractivity contribution in [2.45, 2.75) is 57.6 Å². The van der Waals surface area contributed by atoms with Crippen LogP contribution >= 0.6 is 0 Å². The van der Waals surface area contributed by atoms with Gasteiger partial charge in [-0.1, -0.05) is 13.8 Å². The van der Waals surface area contributed by atoms with Crippen LogP contribution in [0, 0.1) is 0 Å². The molecule has 6 nitrogen and oxygen atoms in total. The maximum atomic E-state index is 9.54. The number of nitrogen functional groups attached to an aromatic ring is 1. The standard InChI is InChI=1S/C13H23N5O/c1-8(2)11-12(15-7-16-13(11)18-14)17-9-3-5-10(19)6-4-9/h7-10,19H,3-6,14H2,1-2H3,(H2,15,16,17,18). The van der Waals surface area contributed by atoms with Crippen molar-refractivity contribution in [2.75, 3.05) is 10.7 Å². The molecule has 0 aromatic carbocycles. The van der Waals surface area contributed by atoms with Crippen LogP contribution < -0.4 is 16.6 Å². The first-order valence-corrected chi connectivity index (χ1v) is 6.88. The number of anilines is 2. The van der Waals surface area contributed by atoms with Crippen LogP contribution in [0.1, 0.15) is 51.0 Å². The second-order valence-electron chi connectivity index (χ2n) is 5.43. The average Bonchev–Trinajstić information content (AvgIpc) is 2.40. The molecular formula is C13H23N5O. The number of hydrogen-bond acceptors (Lipinski definition) is 6. The van der Waals surface area contributed by atoms with E-state index in [1.54, 1.807) is 0 Å². The molecule has 106 valence electrons. The van der Waals surface area contributed by atoms with E-state index in [-0.39, 0.29) is 12.0 Å². The van der Waals surface area contributed by atoms with Gasteiger partial charge >= 0.3 is 0 Å². The zero-order valence-electron chi connectivity index (χ0n) is 11.6. The summed E-state index contributed by atoms with van der Waals surface area (Å²) < 4.78 is 0. The van der Waals surface area contributed by atoms with Gasteiger partial charge in [0.05, 0.1) is 6.10 Å². The van der Waals surface area contributed by atoms with E-state index in [1.807, 2.05) is 0 Å².